The predicted octanol–water partition coefficient (Wildman–Crippen LogP) is 22.4. The fourth-order valence-corrected chi connectivity index (χ4v) is 11.2. The number of carboxylic acid groups (broad SMARTS) is 1. The Morgan fingerprint density at radius 1 is 0.354 bits per heavy atom. The van der Waals surface area contributed by atoms with Crippen molar-refractivity contribution in [1.29, 1.82) is 0 Å². The molecule has 1 N–H and O–H groups in total. The topological polar surface area (TPSA) is 108 Å². The van der Waals surface area contributed by atoms with Crippen LogP contribution in [0.4, 0.5) is 0 Å². The number of allylic oxidation sites excluding steroid dienone is 2. The van der Waals surface area contributed by atoms with Crippen molar-refractivity contribution >= 4 is 17.9 Å². The van der Waals surface area contributed by atoms with E-state index in [2.05, 4.69) is 26.0 Å². The van der Waals surface area contributed by atoms with Gasteiger partial charge in [-0.15, -0.1) is 0 Å². The first-order valence-electron chi connectivity index (χ1n) is 36.4. The van der Waals surface area contributed by atoms with E-state index in [1.165, 1.54) is 315 Å². The number of quaternary nitrogens is 1. The van der Waals surface area contributed by atoms with Crippen molar-refractivity contribution in [3.8, 4) is 0 Å². The van der Waals surface area contributed by atoms with Gasteiger partial charge >= 0.3 is 17.9 Å². The Morgan fingerprint density at radius 3 is 0.902 bits per heavy atom. The van der Waals surface area contributed by atoms with E-state index in [9.17, 15) is 19.5 Å². The van der Waals surface area contributed by atoms with E-state index in [4.69, 9.17) is 18.9 Å². The fraction of sp³-hybridized carbons (Fsp3) is 0.932. The van der Waals surface area contributed by atoms with Gasteiger partial charge < -0.3 is 28.5 Å². The molecule has 0 aliphatic heterocycles. The Kier molecular flexibility index (Phi) is 63.5. The quantitative estimate of drug-likeness (QED) is 0.0211. The van der Waals surface area contributed by atoms with Crippen molar-refractivity contribution in [2.75, 3.05) is 47.5 Å². The summed E-state index contributed by atoms with van der Waals surface area (Å²) in [7, 11) is 5.99. The number of unbranched alkanes of at least 4 members (excludes halogenated alkanes) is 52. The summed E-state index contributed by atoms with van der Waals surface area (Å²) < 4.78 is 23.0. The third-order valence-corrected chi connectivity index (χ3v) is 16.8. The second kappa shape index (κ2) is 65.0. The fourth-order valence-electron chi connectivity index (χ4n) is 11.2. The van der Waals surface area contributed by atoms with Crippen LogP contribution in [0.15, 0.2) is 12.2 Å². The van der Waals surface area contributed by atoms with E-state index in [1.807, 2.05) is 21.1 Å². The Morgan fingerprint density at radius 2 is 0.622 bits per heavy atom. The van der Waals surface area contributed by atoms with Crippen molar-refractivity contribution in [3.05, 3.63) is 12.2 Å². The minimum Gasteiger partial charge on any atom is -0.477 e. The standard InChI is InChI=1S/C73H141NO8/c1-6-8-10-12-14-16-18-20-22-24-26-28-30-31-32-33-34-35-36-37-38-39-40-42-43-45-47-49-51-53-55-57-59-61-63-70(75)80-67-69(68-81-73(72(77)78)79-66-65-74(3,4)5)82-71(76)64-62-60-58-56-54-52-50-48-46-44-41-29-27-25-23-21-19-17-15-13-11-9-7-2/h25,27,69,73H,6-24,26,28-68H2,1-5H3/p+1/b27-25-. The maximum Gasteiger partial charge on any atom is 0.361 e. The first-order valence-corrected chi connectivity index (χ1v) is 36.4. The molecule has 0 saturated carbocycles. The minimum atomic E-state index is -1.51. The zero-order chi connectivity index (χ0) is 59.8. The molecule has 0 fully saturated rings. The van der Waals surface area contributed by atoms with Crippen LogP contribution in [0.3, 0.4) is 0 Å². The van der Waals surface area contributed by atoms with Crippen molar-refractivity contribution in [2.24, 2.45) is 0 Å². The summed E-state index contributed by atoms with van der Waals surface area (Å²) in [5, 5.41) is 9.74. The second-order valence-corrected chi connectivity index (χ2v) is 26.3. The van der Waals surface area contributed by atoms with Gasteiger partial charge in [0.25, 0.3) is 6.29 Å². The summed E-state index contributed by atoms with van der Waals surface area (Å²) in [6.07, 6.45) is 76.3. The number of nitrogens with zero attached hydrogens (tertiary/aromatic N) is 1. The smallest absolute Gasteiger partial charge is 0.361 e. The molecule has 82 heavy (non-hydrogen) atoms. The first kappa shape index (κ1) is 80.0. The van der Waals surface area contributed by atoms with E-state index >= 15 is 0 Å². The molecule has 0 radical (unpaired) electrons. The third-order valence-electron chi connectivity index (χ3n) is 16.8. The van der Waals surface area contributed by atoms with Gasteiger partial charge in [0.2, 0.25) is 0 Å². The van der Waals surface area contributed by atoms with E-state index in [0.717, 1.165) is 38.5 Å². The van der Waals surface area contributed by atoms with Crippen molar-refractivity contribution in [2.45, 2.75) is 392 Å². The summed E-state index contributed by atoms with van der Waals surface area (Å²) in [5.74, 6) is -1.97. The van der Waals surface area contributed by atoms with E-state index in [0.29, 0.717) is 17.4 Å². The molecule has 486 valence electrons. The average Bonchev–Trinajstić information content (AvgIpc) is 3.45. The van der Waals surface area contributed by atoms with Crippen LogP contribution in [0, 0.1) is 0 Å². The summed E-state index contributed by atoms with van der Waals surface area (Å²) in [4.78, 5) is 37.6. The van der Waals surface area contributed by atoms with Gasteiger partial charge in [-0.2, -0.15) is 0 Å². The van der Waals surface area contributed by atoms with Gasteiger partial charge in [-0.3, -0.25) is 9.59 Å². The Labute approximate surface area is 510 Å². The number of ether oxygens (including phenoxy) is 4. The Balaban J connectivity index is 3.99. The number of hydrogen-bond donors (Lipinski definition) is 1. The summed E-state index contributed by atoms with van der Waals surface area (Å²) in [6.45, 7) is 4.96. The lowest BCUT2D eigenvalue weighted by Crippen LogP contribution is -2.40. The van der Waals surface area contributed by atoms with Crippen molar-refractivity contribution in [3.63, 3.8) is 0 Å². The zero-order valence-electron chi connectivity index (χ0n) is 55.7. The molecule has 9 nitrogen and oxygen atoms in total. The molecule has 0 amide bonds. The maximum atomic E-state index is 12.9. The SMILES string of the molecule is CCCCCCCCCC/C=C\CCCCCCCCCCCCCC(=O)OC(COC(=O)CCCCCCCCCCCCCCCCCCCCCCCCCCCCCCCCCCCC)COC(OCC[N+](C)(C)C)C(=O)O. The number of carbonyl (C=O) groups is 3. The molecule has 0 heterocycles. The maximum absolute atomic E-state index is 12.9. The number of carbonyl (C=O) groups excluding carboxylic acids is 2. The molecule has 0 bridgehead atoms. The van der Waals surface area contributed by atoms with Crippen LogP contribution >= 0.6 is 0 Å². The van der Waals surface area contributed by atoms with Crippen LogP contribution in [0.5, 0.6) is 0 Å². The zero-order valence-corrected chi connectivity index (χ0v) is 55.7. The van der Waals surface area contributed by atoms with Crippen LogP contribution in [0.2, 0.25) is 0 Å². The van der Waals surface area contributed by atoms with Crippen molar-refractivity contribution in [1.82, 2.24) is 0 Å². The van der Waals surface area contributed by atoms with Gasteiger partial charge in [0.05, 0.1) is 34.4 Å². The van der Waals surface area contributed by atoms with Gasteiger partial charge in [-0.05, 0) is 38.5 Å². The first-order chi connectivity index (χ1) is 40.1. The van der Waals surface area contributed by atoms with E-state index < -0.39 is 18.4 Å². The number of carboxylic acids is 1. The predicted molar refractivity (Wildman–Crippen MR) is 351 cm³/mol. The van der Waals surface area contributed by atoms with Gasteiger partial charge in [0, 0.05) is 12.8 Å². The molecule has 0 aromatic rings. The van der Waals surface area contributed by atoms with Crippen LogP contribution in [0.1, 0.15) is 380 Å². The van der Waals surface area contributed by atoms with E-state index in [1.54, 1.807) is 0 Å². The molecule has 0 aromatic carbocycles. The number of hydrogen-bond acceptors (Lipinski definition) is 7. The van der Waals surface area contributed by atoms with Gasteiger partial charge in [-0.25, -0.2) is 4.79 Å². The molecule has 2 atom stereocenters. The van der Waals surface area contributed by atoms with Crippen LogP contribution in [-0.4, -0.2) is 87.4 Å². The van der Waals surface area contributed by atoms with Gasteiger partial charge in [-0.1, -0.05) is 341 Å². The minimum absolute atomic E-state index is 0.175. The molecule has 0 aromatic heterocycles. The Bertz CT molecular complexity index is 1350. The van der Waals surface area contributed by atoms with E-state index in [-0.39, 0.29) is 38.2 Å². The molecule has 0 aliphatic carbocycles. The Hall–Kier alpha value is -1.97. The lowest BCUT2D eigenvalue weighted by molar-refractivity contribution is -0.870. The van der Waals surface area contributed by atoms with Gasteiger partial charge in [0.15, 0.2) is 6.10 Å². The highest BCUT2D eigenvalue weighted by Gasteiger charge is 2.25. The third kappa shape index (κ3) is 65.6. The lowest BCUT2D eigenvalue weighted by atomic mass is 10.0. The molecule has 2 unspecified atom stereocenters. The highest BCUT2D eigenvalue weighted by Crippen LogP contribution is 2.19. The molecule has 0 rings (SSSR count). The molecule has 0 aliphatic rings. The summed E-state index contributed by atoms with van der Waals surface area (Å²) >= 11 is 0. The monoisotopic (exact) mass is 1160 g/mol. The molecule has 0 spiro atoms. The number of aliphatic carboxylic acids is 1. The molecular weight excluding hydrogens is 1020 g/mol. The number of esters is 2. The molecular formula is C73H142NO8+. The highest BCUT2D eigenvalue weighted by atomic mass is 16.7. The van der Waals surface area contributed by atoms with Crippen LogP contribution in [0.25, 0.3) is 0 Å². The lowest BCUT2D eigenvalue weighted by Gasteiger charge is -2.25. The number of likely N-dealkylation sites (N-methyl/N-ethyl adjacent to an activating group) is 1. The molecule has 9 heteroatoms. The normalized spacial score (nSPS) is 12.6. The second-order valence-electron chi connectivity index (χ2n) is 26.3. The summed E-state index contributed by atoms with van der Waals surface area (Å²) in [5.41, 5.74) is 0. The molecule has 0 saturated heterocycles. The van der Waals surface area contributed by atoms with Crippen LogP contribution in [-0.2, 0) is 33.3 Å². The number of rotatable bonds is 69. The van der Waals surface area contributed by atoms with Crippen LogP contribution < -0.4 is 0 Å². The average molecular weight is 1160 g/mol. The van der Waals surface area contributed by atoms with Crippen molar-refractivity contribution < 1.29 is 42.9 Å². The summed E-state index contributed by atoms with van der Waals surface area (Å²) in [6, 6.07) is 0. The largest absolute Gasteiger partial charge is 0.477 e. The van der Waals surface area contributed by atoms with Gasteiger partial charge in [0.1, 0.15) is 13.2 Å². The highest BCUT2D eigenvalue weighted by molar-refractivity contribution is 5.71.